The van der Waals surface area contributed by atoms with Crippen molar-refractivity contribution >= 4 is 56.8 Å². The fraction of sp³-hybridized carbons (Fsp3) is 0.0870. The summed E-state index contributed by atoms with van der Waals surface area (Å²) in [5.41, 5.74) is 3.42. The highest BCUT2D eigenvalue weighted by molar-refractivity contribution is 7.80. The Kier molecular flexibility index (Phi) is 5.86. The number of furan rings is 1. The average Bonchev–Trinajstić information content (AvgIpc) is 3.54. The fourth-order valence-corrected chi connectivity index (χ4v) is 4.50. The van der Waals surface area contributed by atoms with Crippen molar-refractivity contribution in [2.24, 2.45) is 0 Å². The van der Waals surface area contributed by atoms with E-state index in [0.717, 1.165) is 38.2 Å². The van der Waals surface area contributed by atoms with Crippen molar-refractivity contribution in [3.63, 3.8) is 0 Å². The van der Waals surface area contributed by atoms with Crippen molar-refractivity contribution in [2.75, 3.05) is 5.32 Å². The van der Waals surface area contributed by atoms with Gasteiger partial charge in [0.15, 0.2) is 16.7 Å². The molecular formula is C23H17ClN6O2S2. The second kappa shape index (κ2) is 8.98. The first kappa shape index (κ1) is 22.2. The molecule has 2 aromatic carbocycles. The van der Waals surface area contributed by atoms with E-state index in [1.165, 1.54) is 11.3 Å². The van der Waals surface area contributed by atoms with Crippen LogP contribution in [-0.2, 0) is 0 Å². The largest absolute Gasteiger partial charge is 0.451 e. The number of carbonyl (C=O) groups excluding carboxylic acids is 1. The fourth-order valence-electron chi connectivity index (χ4n) is 3.22. The maximum atomic E-state index is 12.6. The molecule has 1 amide bonds. The van der Waals surface area contributed by atoms with Gasteiger partial charge in [-0.15, -0.1) is 10.2 Å². The van der Waals surface area contributed by atoms with Crippen LogP contribution in [0.3, 0.4) is 0 Å². The summed E-state index contributed by atoms with van der Waals surface area (Å²) < 4.78 is 7.41. The number of hydrogen-bond donors (Lipinski definition) is 2. The molecule has 8 nitrogen and oxygen atoms in total. The van der Waals surface area contributed by atoms with E-state index in [2.05, 4.69) is 25.9 Å². The summed E-state index contributed by atoms with van der Waals surface area (Å²) >= 11 is 12.9. The number of anilines is 1. The summed E-state index contributed by atoms with van der Waals surface area (Å²) in [4.78, 5) is 13.3. The van der Waals surface area contributed by atoms with Crippen molar-refractivity contribution < 1.29 is 9.21 Å². The number of nitrogens with zero attached hydrogens (tertiary/aromatic N) is 4. The maximum absolute atomic E-state index is 12.6. The van der Waals surface area contributed by atoms with Gasteiger partial charge in [-0.2, -0.15) is 9.61 Å². The Hall–Kier alpha value is -3.60. The van der Waals surface area contributed by atoms with Crippen LogP contribution in [0, 0.1) is 13.8 Å². The molecule has 3 aromatic heterocycles. The minimum Gasteiger partial charge on any atom is -0.451 e. The molecule has 170 valence electrons. The molecule has 3 heterocycles. The number of halogens is 1. The first-order chi connectivity index (χ1) is 16.4. The van der Waals surface area contributed by atoms with Gasteiger partial charge in [0.25, 0.3) is 5.91 Å². The highest BCUT2D eigenvalue weighted by Gasteiger charge is 2.15. The molecule has 11 heteroatoms. The molecule has 0 saturated heterocycles. The Morgan fingerprint density at radius 3 is 2.56 bits per heavy atom. The van der Waals surface area contributed by atoms with Crippen LogP contribution in [0.4, 0.5) is 5.69 Å². The molecule has 0 saturated carbocycles. The summed E-state index contributed by atoms with van der Waals surface area (Å²) in [7, 11) is 0. The summed E-state index contributed by atoms with van der Waals surface area (Å²) in [6, 6.07) is 16.4. The molecule has 0 aliphatic rings. The molecule has 5 rings (SSSR count). The Morgan fingerprint density at radius 2 is 1.82 bits per heavy atom. The molecule has 0 fully saturated rings. The molecule has 5 aromatic rings. The number of thiocarbonyl (C=S) groups is 1. The normalized spacial score (nSPS) is 11.0. The number of carbonyl (C=O) groups is 1. The van der Waals surface area contributed by atoms with Crippen LogP contribution in [-0.4, -0.2) is 30.8 Å². The van der Waals surface area contributed by atoms with Gasteiger partial charge in [-0.05, 0) is 74.1 Å². The third-order valence-electron chi connectivity index (χ3n) is 5.05. The second-order valence-corrected chi connectivity index (χ2v) is 9.23. The topological polar surface area (TPSA) is 97.4 Å². The molecule has 0 atom stereocenters. The lowest BCUT2D eigenvalue weighted by molar-refractivity contribution is 0.0951. The van der Waals surface area contributed by atoms with Crippen LogP contribution in [0.2, 0.25) is 5.02 Å². The van der Waals surface area contributed by atoms with Crippen molar-refractivity contribution in [1.29, 1.82) is 0 Å². The molecule has 0 spiro atoms. The van der Waals surface area contributed by atoms with E-state index in [1.54, 1.807) is 22.7 Å². The SMILES string of the molecule is Cc1ccc(-c2ccc(C(=O)NC(=S)Nc3ccc(-c4nn5c(C)nnc5s4)cc3)o2)cc1Cl. The predicted molar refractivity (Wildman–Crippen MR) is 136 cm³/mol. The lowest BCUT2D eigenvalue weighted by Gasteiger charge is -2.09. The number of benzene rings is 2. The van der Waals surface area contributed by atoms with Gasteiger partial charge < -0.3 is 9.73 Å². The molecule has 0 radical (unpaired) electrons. The Bertz CT molecular complexity index is 1540. The number of aryl methyl sites for hydroxylation is 2. The van der Waals surface area contributed by atoms with Gasteiger partial charge >= 0.3 is 0 Å². The third-order valence-corrected chi connectivity index (χ3v) is 6.61. The lowest BCUT2D eigenvalue weighted by atomic mass is 10.1. The number of rotatable bonds is 4. The highest BCUT2D eigenvalue weighted by Crippen LogP contribution is 2.28. The second-order valence-electron chi connectivity index (χ2n) is 7.46. The lowest BCUT2D eigenvalue weighted by Crippen LogP contribution is -2.33. The van der Waals surface area contributed by atoms with E-state index in [9.17, 15) is 4.79 Å². The molecule has 0 unspecified atom stereocenters. The zero-order valence-corrected chi connectivity index (χ0v) is 20.4. The van der Waals surface area contributed by atoms with E-state index in [0.29, 0.717) is 10.8 Å². The van der Waals surface area contributed by atoms with Gasteiger partial charge in [0.1, 0.15) is 10.8 Å². The Labute approximate surface area is 208 Å². The zero-order chi connectivity index (χ0) is 23.8. The molecule has 0 aliphatic carbocycles. The average molecular weight is 509 g/mol. The van der Waals surface area contributed by atoms with Crippen LogP contribution < -0.4 is 10.6 Å². The minimum absolute atomic E-state index is 0.143. The van der Waals surface area contributed by atoms with E-state index in [1.807, 2.05) is 50.2 Å². The van der Waals surface area contributed by atoms with Gasteiger partial charge in [-0.25, -0.2) is 0 Å². The van der Waals surface area contributed by atoms with Gasteiger partial charge in [-0.3, -0.25) is 10.1 Å². The van der Waals surface area contributed by atoms with Crippen LogP contribution in [0.5, 0.6) is 0 Å². The Morgan fingerprint density at radius 1 is 1.06 bits per heavy atom. The van der Waals surface area contributed by atoms with Crippen LogP contribution in [0.25, 0.3) is 26.9 Å². The number of aromatic nitrogens is 4. The predicted octanol–water partition coefficient (Wildman–Crippen LogP) is 5.51. The number of nitrogens with one attached hydrogen (secondary N) is 2. The maximum Gasteiger partial charge on any atom is 0.293 e. The van der Waals surface area contributed by atoms with E-state index >= 15 is 0 Å². The summed E-state index contributed by atoms with van der Waals surface area (Å²) in [6.45, 7) is 3.78. The first-order valence-corrected chi connectivity index (χ1v) is 11.8. The molecule has 2 N–H and O–H groups in total. The minimum atomic E-state index is -0.450. The van der Waals surface area contributed by atoms with Gasteiger partial charge in [0, 0.05) is 21.8 Å². The van der Waals surface area contributed by atoms with Gasteiger partial charge in [0.2, 0.25) is 4.96 Å². The van der Waals surface area contributed by atoms with Crippen LogP contribution >= 0.6 is 35.2 Å². The number of amides is 1. The molecule has 0 bridgehead atoms. The van der Waals surface area contributed by atoms with E-state index in [-0.39, 0.29) is 10.9 Å². The highest BCUT2D eigenvalue weighted by atomic mass is 35.5. The summed E-state index contributed by atoms with van der Waals surface area (Å²) in [5.74, 6) is 0.976. The first-order valence-electron chi connectivity index (χ1n) is 10.2. The zero-order valence-electron chi connectivity index (χ0n) is 18.0. The summed E-state index contributed by atoms with van der Waals surface area (Å²) in [5, 5.41) is 19.9. The van der Waals surface area contributed by atoms with Crippen molar-refractivity contribution in [2.45, 2.75) is 13.8 Å². The Balaban J connectivity index is 1.22. The molecular weight excluding hydrogens is 492 g/mol. The van der Waals surface area contributed by atoms with Gasteiger partial charge in [0.05, 0.1) is 0 Å². The standard InChI is InChI=1S/C23H17ClN6O2S2/c1-12-3-4-15(11-17(12)24)18-9-10-19(32-18)20(31)26-22(33)25-16-7-5-14(6-8-16)21-29-30-13(2)27-28-23(30)34-21/h3-11H,1-2H3,(H2,25,26,31,33). The number of hydrogen-bond acceptors (Lipinski definition) is 7. The van der Waals surface area contributed by atoms with Crippen molar-refractivity contribution in [3.8, 4) is 21.9 Å². The van der Waals surface area contributed by atoms with Crippen LogP contribution in [0.15, 0.2) is 59.0 Å². The van der Waals surface area contributed by atoms with Gasteiger partial charge in [-0.1, -0.05) is 35.1 Å². The molecule has 34 heavy (non-hydrogen) atoms. The van der Waals surface area contributed by atoms with Crippen molar-refractivity contribution in [3.05, 3.63) is 76.8 Å². The third kappa shape index (κ3) is 4.43. The summed E-state index contributed by atoms with van der Waals surface area (Å²) in [6.07, 6.45) is 0. The van der Waals surface area contributed by atoms with Crippen molar-refractivity contribution in [1.82, 2.24) is 25.1 Å². The quantitative estimate of drug-likeness (QED) is 0.309. The number of fused-ring (bicyclic) bond motifs is 1. The van der Waals surface area contributed by atoms with Crippen LogP contribution in [0.1, 0.15) is 21.9 Å². The van der Waals surface area contributed by atoms with E-state index < -0.39 is 5.91 Å². The smallest absolute Gasteiger partial charge is 0.293 e. The van der Waals surface area contributed by atoms with E-state index in [4.69, 9.17) is 28.2 Å². The molecule has 0 aliphatic heterocycles. The monoisotopic (exact) mass is 508 g/mol.